The molecule has 0 spiro atoms. The fourth-order valence-electron chi connectivity index (χ4n) is 2.87. The molecule has 1 aliphatic rings. The molecule has 0 N–H and O–H groups in total. The van der Waals surface area contributed by atoms with Crippen molar-refractivity contribution >= 4 is 28.2 Å². The third kappa shape index (κ3) is 1.85. The number of benzene rings is 1. The summed E-state index contributed by atoms with van der Waals surface area (Å²) in [5.74, 6) is 1.35. The monoisotopic (exact) mass is 260 g/mol. The van der Waals surface area contributed by atoms with E-state index in [0.29, 0.717) is 17.8 Å². The Balaban J connectivity index is 2.09. The van der Waals surface area contributed by atoms with E-state index >= 15 is 0 Å². The zero-order chi connectivity index (χ0) is 12.5. The Morgan fingerprint density at radius 2 is 2.17 bits per heavy atom. The highest BCUT2D eigenvalue weighted by Gasteiger charge is 2.31. The van der Waals surface area contributed by atoms with E-state index in [9.17, 15) is 0 Å². The van der Waals surface area contributed by atoms with Gasteiger partial charge in [-0.25, -0.2) is 0 Å². The van der Waals surface area contributed by atoms with Crippen molar-refractivity contribution in [2.24, 2.45) is 5.92 Å². The lowest BCUT2D eigenvalue weighted by atomic mass is 10.0. The number of fused-ring (bicyclic) bond motifs is 1. The van der Waals surface area contributed by atoms with E-state index in [4.69, 9.17) is 11.6 Å². The van der Waals surface area contributed by atoms with Crippen molar-refractivity contribution in [3.05, 3.63) is 36.5 Å². The third-order valence-corrected chi connectivity index (χ3v) is 4.29. The maximum absolute atomic E-state index is 6.14. The van der Waals surface area contributed by atoms with Gasteiger partial charge in [0.1, 0.15) is 0 Å². The Labute approximate surface area is 113 Å². The summed E-state index contributed by atoms with van der Waals surface area (Å²) >= 11 is 6.14. The standard InChI is InChI=1S/C15H17ClN2/c1-11-7-9-18(15(11)10-16)14-6-8-17-13-5-3-2-4-12(13)14/h2-6,8,11,15H,7,9-10H2,1H3. The molecule has 1 aliphatic heterocycles. The predicted octanol–water partition coefficient (Wildman–Crippen LogP) is 3.69. The predicted molar refractivity (Wildman–Crippen MR) is 77.4 cm³/mol. The van der Waals surface area contributed by atoms with Crippen molar-refractivity contribution in [1.82, 2.24) is 4.98 Å². The normalized spacial score (nSPS) is 23.8. The van der Waals surface area contributed by atoms with Crippen LogP contribution in [0, 0.1) is 5.92 Å². The SMILES string of the molecule is CC1CCN(c2ccnc3ccccc23)C1CCl. The number of hydrogen-bond acceptors (Lipinski definition) is 2. The van der Waals surface area contributed by atoms with Gasteiger partial charge in [0.05, 0.1) is 5.52 Å². The summed E-state index contributed by atoms with van der Waals surface area (Å²) in [6.07, 6.45) is 3.11. The summed E-state index contributed by atoms with van der Waals surface area (Å²) < 4.78 is 0. The molecule has 3 heteroatoms. The Morgan fingerprint density at radius 3 is 3.00 bits per heavy atom. The summed E-state index contributed by atoms with van der Waals surface area (Å²) in [7, 11) is 0. The smallest absolute Gasteiger partial charge is 0.0722 e. The third-order valence-electron chi connectivity index (χ3n) is 3.98. The van der Waals surface area contributed by atoms with Crippen LogP contribution in [0.15, 0.2) is 36.5 Å². The molecule has 1 fully saturated rings. The second-order valence-electron chi connectivity index (χ2n) is 5.03. The van der Waals surface area contributed by atoms with Gasteiger partial charge in [-0.1, -0.05) is 25.1 Å². The van der Waals surface area contributed by atoms with Gasteiger partial charge in [-0.05, 0) is 24.5 Å². The number of pyridine rings is 1. The molecule has 2 nitrogen and oxygen atoms in total. The van der Waals surface area contributed by atoms with Crippen LogP contribution in [-0.4, -0.2) is 23.5 Å². The van der Waals surface area contributed by atoms with E-state index in [0.717, 1.165) is 12.1 Å². The molecule has 2 aromatic rings. The second-order valence-corrected chi connectivity index (χ2v) is 5.34. The van der Waals surface area contributed by atoms with E-state index < -0.39 is 0 Å². The largest absolute Gasteiger partial charge is 0.366 e. The summed E-state index contributed by atoms with van der Waals surface area (Å²) in [4.78, 5) is 6.87. The first kappa shape index (κ1) is 11.8. The second kappa shape index (κ2) is 4.77. The van der Waals surface area contributed by atoms with Crippen LogP contribution in [0.1, 0.15) is 13.3 Å². The first-order valence-corrected chi connectivity index (χ1v) is 7.01. The summed E-state index contributed by atoms with van der Waals surface area (Å²) in [6.45, 7) is 3.38. The number of para-hydroxylation sites is 1. The van der Waals surface area contributed by atoms with Gasteiger partial charge in [0.2, 0.25) is 0 Å². The lowest BCUT2D eigenvalue weighted by molar-refractivity contribution is 0.550. The van der Waals surface area contributed by atoms with Gasteiger partial charge >= 0.3 is 0 Å². The van der Waals surface area contributed by atoms with Crippen molar-refractivity contribution < 1.29 is 0 Å². The van der Waals surface area contributed by atoms with Crippen LogP contribution in [0.3, 0.4) is 0 Å². The summed E-state index contributed by atoms with van der Waals surface area (Å²) in [6, 6.07) is 10.9. The number of hydrogen-bond donors (Lipinski definition) is 0. The fraction of sp³-hybridized carbons (Fsp3) is 0.400. The number of nitrogens with zero attached hydrogens (tertiary/aromatic N) is 2. The van der Waals surface area contributed by atoms with Gasteiger partial charge in [0.25, 0.3) is 0 Å². The Morgan fingerprint density at radius 1 is 1.33 bits per heavy atom. The highest BCUT2D eigenvalue weighted by Crippen LogP contribution is 2.34. The van der Waals surface area contributed by atoms with E-state index in [1.54, 1.807) is 0 Å². The van der Waals surface area contributed by atoms with Crippen molar-refractivity contribution in [1.29, 1.82) is 0 Å². The average molecular weight is 261 g/mol. The minimum absolute atomic E-state index is 0.442. The highest BCUT2D eigenvalue weighted by molar-refractivity contribution is 6.18. The van der Waals surface area contributed by atoms with Crippen molar-refractivity contribution in [3.63, 3.8) is 0 Å². The topological polar surface area (TPSA) is 16.1 Å². The van der Waals surface area contributed by atoms with E-state index in [1.165, 1.54) is 17.5 Å². The zero-order valence-corrected chi connectivity index (χ0v) is 11.3. The molecular formula is C15H17ClN2. The molecule has 1 aromatic heterocycles. The number of halogens is 1. The molecule has 1 aromatic carbocycles. The Bertz CT molecular complexity index is 550. The maximum atomic E-state index is 6.14. The summed E-state index contributed by atoms with van der Waals surface area (Å²) in [5.41, 5.74) is 2.33. The molecule has 3 rings (SSSR count). The highest BCUT2D eigenvalue weighted by atomic mass is 35.5. The molecule has 94 valence electrons. The van der Waals surface area contributed by atoms with Crippen molar-refractivity contribution in [3.8, 4) is 0 Å². The lowest BCUT2D eigenvalue weighted by Gasteiger charge is -2.28. The average Bonchev–Trinajstić information content (AvgIpc) is 2.79. The first-order chi connectivity index (χ1) is 8.81. The number of rotatable bonds is 2. The van der Waals surface area contributed by atoms with Gasteiger partial charge in [-0.2, -0.15) is 0 Å². The number of aromatic nitrogens is 1. The van der Waals surface area contributed by atoms with Crippen molar-refractivity contribution in [2.45, 2.75) is 19.4 Å². The molecule has 2 heterocycles. The van der Waals surface area contributed by atoms with Crippen LogP contribution in [0.25, 0.3) is 10.9 Å². The summed E-state index contributed by atoms with van der Waals surface area (Å²) in [5, 5.41) is 1.23. The van der Waals surface area contributed by atoms with Gasteiger partial charge in [-0.3, -0.25) is 4.98 Å². The minimum Gasteiger partial charge on any atom is -0.366 e. The van der Waals surface area contributed by atoms with Gasteiger partial charge in [-0.15, -0.1) is 11.6 Å². The molecule has 1 saturated heterocycles. The molecule has 18 heavy (non-hydrogen) atoms. The quantitative estimate of drug-likeness (QED) is 0.766. The minimum atomic E-state index is 0.442. The maximum Gasteiger partial charge on any atom is 0.0722 e. The molecule has 0 aliphatic carbocycles. The molecule has 0 bridgehead atoms. The van der Waals surface area contributed by atoms with E-state index in [2.05, 4.69) is 41.1 Å². The van der Waals surface area contributed by atoms with Crippen molar-refractivity contribution in [2.75, 3.05) is 17.3 Å². The molecule has 2 unspecified atom stereocenters. The van der Waals surface area contributed by atoms with Gasteiger partial charge in [0.15, 0.2) is 0 Å². The van der Waals surface area contributed by atoms with Crippen LogP contribution < -0.4 is 4.90 Å². The van der Waals surface area contributed by atoms with E-state index in [-0.39, 0.29) is 0 Å². The Kier molecular flexibility index (Phi) is 3.13. The van der Waals surface area contributed by atoms with Crippen LogP contribution in [0.5, 0.6) is 0 Å². The van der Waals surface area contributed by atoms with Gasteiger partial charge < -0.3 is 4.90 Å². The van der Waals surface area contributed by atoms with Gasteiger partial charge in [0, 0.05) is 35.7 Å². The van der Waals surface area contributed by atoms with Crippen LogP contribution in [0.4, 0.5) is 5.69 Å². The molecule has 2 atom stereocenters. The molecule has 0 saturated carbocycles. The number of anilines is 1. The first-order valence-electron chi connectivity index (χ1n) is 6.47. The van der Waals surface area contributed by atoms with Crippen LogP contribution >= 0.6 is 11.6 Å². The lowest BCUT2D eigenvalue weighted by Crippen LogP contribution is -2.33. The van der Waals surface area contributed by atoms with E-state index in [1.807, 2.05) is 12.3 Å². The number of alkyl halides is 1. The van der Waals surface area contributed by atoms with Crippen LogP contribution in [-0.2, 0) is 0 Å². The molecular weight excluding hydrogens is 244 g/mol. The molecule has 0 amide bonds. The molecule has 0 radical (unpaired) electrons. The Hall–Kier alpha value is -1.28. The fourth-order valence-corrected chi connectivity index (χ4v) is 3.34. The van der Waals surface area contributed by atoms with Crippen LogP contribution in [0.2, 0.25) is 0 Å². The zero-order valence-electron chi connectivity index (χ0n) is 10.5.